The van der Waals surface area contributed by atoms with Crippen molar-refractivity contribution in [2.75, 3.05) is 0 Å². The van der Waals surface area contributed by atoms with Crippen molar-refractivity contribution in [1.82, 2.24) is 9.78 Å². The van der Waals surface area contributed by atoms with E-state index in [9.17, 15) is 9.90 Å². The summed E-state index contributed by atoms with van der Waals surface area (Å²) >= 11 is 0. The molecule has 1 aliphatic rings. The van der Waals surface area contributed by atoms with E-state index >= 15 is 0 Å². The minimum absolute atomic E-state index is 0.435. The SMILES string of the molecule is CC(C)(C)C(C(=O)O)n1cc(B2OC(C)(C)C(C)(C)O2)cn1. The Labute approximate surface area is 131 Å². The van der Waals surface area contributed by atoms with Crippen LogP contribution in [0.25, 0.3) is 0 Å². The summed E-state index contributed by atoms with van der Waals surface area (Å²) in [6.07, 6.45) is 3.32. The number of aliphatic carboxylic acids is 1. The molecule has 1 aromatic heterocycles. The number of carbonyl (C=O) groups is 1. The predicted octanol–water partition coefficient (Wildman–Crippen LogP) is 1.85. The van der Waals surface area contributed by atoms with Gasteiger partial charge in [-0.3, -0.25) is 4.68 Å². The summed E-state index contributed by atoms with van der Waals surface area (Å²) in [5.41, 5.74) is -0.592. The lowest BCUT2D eigenvalue weighted by atomic mass is 9.81. The number of carboxylic acids is 1. The second-order valence-electron chi connectivity index (χ2n) is 7.95. The molecule has 1 saturated heterocycles. The number of hydrogen-bond donors (Lipinski definition) is 1. The molecule has 1 fully saturated rings. The molecule has 122 valence electrons. The van der Waals surface area contributed by atoms with Crippen molar-refractivity contribution in [1.29, 1.82) is 0 Å². The highest BCUT2D eigenvalue weighted by molar-refractivity contribution is 6.62. The summed E-state index contributed by atoms with van der Waals surface area (Å²) in [5.74, 6) is -0.906. The molecule has 0 aromatic carbocycles. The summed E-state index contributed by atoms with van der Waals surface area (Å²) in [5, 5.41) is 13.7. The highest BCUT2D eigenvalue weighted by Crippen LogP contribution is 2.36. The lowest BCUT2D eigenvalue weighted by Gasteiger charge is -2.32. The molecule has 1 N–H and O–H groups in total. The molecule has 0 bridgehead atoms. The summed E-state index contributed by atoms with van der Waals surface area (Å²) < 4.78 is 13.4. The van der Waals surface area contributed by atoms with E-state index in [1.54, 1.807) is 12.4 Å². The molecule has 0 radical (unpaired) electrons. The van der Waals surface area contributed by atoms with Crippen LogP contribution in [0.4, 0.5) is 0 Å². The van der Waals surface area contributed by atoms with Gasteiger partial charge in [0.25, 0.3) is 0 Å². The molecule has 0 spiro atoms. The summed E-state index contributed by atoms with van der Waals surface area (Å²) in [6.45, 7) is 13.5. The van der Waals surface area contributed by atoms with Crippen LogP contribution in [0.1, 0.15) is 54.5 Å². The van der Waals surface area contributed by atoms with Gasteiger partial charge in [0.1, 0.15) is 0 Å². The van der Waals surface area contributed by atoms with E-state index in [-0.39, 0.29) is 0 Å². The first-order valence-corrected chi connectivity index (χ1v) is 7.48. The van der Waals surface area contributed by atoms with E-state index in [1.807, 2.05) is 48.5 Å². The van der Waals surface area contributed by atoms with Crippen LogP contribution in [-0.4, -0.2) is 39.2 Å². The monoisotopic (exact) mass is 308 g/mol. The molecule has 22 heavy (non-hydrogen) atoms. The maximum atomic E-state index is 11.6. The van der Waals surface area contributed by atoms with Crippen LogP contribution >= 0.6 is 0 Å². The van der Waals surface area contributed by atoms with Gasteiger partial charge in [0.2, 0.25) is 0 Å². The average Bonchev–Trinajstić information content (AvgIpc) is 2.80. The second-order valence-corrected chi connectivity index (χ2v) is 7.95. The first-order chi connectivity index (χ1) is 9.85. The van der Waals surface area contributed by atoms with Gasteiger partial charge < -0.3 is 14.4 Å². The fourth-order valence-electron chi connectivity index (χ4n) is 2.48. The molecular weight excluding hydrogens is 283 g/mol. The predicted molar refractivity (Wildman–Crippen MR) is 84.1 cm³/mol. The van der Waals surface area contributed by atoms with Crippen LogP contribution in [0.15, 0.2) is 12.4 Å². The van der Waals surface area contributed by atoms with Gasteiger partial charge in [0.05, 0.1) is 11.2 Å². The first kappa shape index (κ1) is 17.0. The van der Waals surface area contributed by atoms with E-state index in [0.29, 0.717) is 0 Å². The van der Waals surface area contributed by atoms with Gasteiger partial charge in [-0.15, -0.1) is 0 Å². The van der Waals surface area contributed by atoms with E-state index in [1.165, 1.54) is 4.68 Å². The molecule has 2 rings (SSSR count). The standard InChI is InChI=1S/C15H25BN2O4/c1-13(2,3)11(12(19)20)18-9-10(8-17-18)16-21-14(4,5)15(6,7)22-16/h8-9,11H,1-7H3,(H,19,20). The lowest BCUT2D eigenvalue weighted by molar-refractivity contribution is -0.144. The summed E-state index contributed by atoms with van der Waals surface area (Å²) in [6, 6.07) is -0.747. The van der Waals surface area contributed by atoms with Crippen LogP contribution in [0, 0.1) is 5.41 Å². The van der Waals surface area contributed by atoms with Crippen LogP contribution in [0.3, 0.4) is 0 Å². The molecule has 1 aliphatic heterocycles. The Hall–Kier alpha value is -1.34. The maximum absolute atomic E-state index is 11.6. The minimum Gasteiger partial charge on any atom is -0.480 e. The van der Waals surface area contributed by atoms with Gasteiger partial charge in [-0.1, -0.05) is 20.8 Å². The van der Waals surface area contributed by atoms with Crippen LogP contribution in [0.5, 0.6) is 0 Å². The number of nitrogens with zero attached hydrogens (tertiary/aromatic N) is 2. The van der Waals surface area contributed by atoms with Crippen molar-refractivity contribution in [2.45, 2.75) is 65.7 Å². The Bertz CT molecular complexity index is 558. The van der Waals surface area contributed by atoms with Gasteiger partial charge in [-0.05, 0) is 33.1 Å². The van der Waals surface area contributed by atoms with Crippen molar-refractivity contribution in [3.05, 3.63) is 12.4 Å². The molecule has 6 nitrogen and oxygen atoms in total. The third-order valence-corrected chi connectivity index (χ3v) is 4.47. The fourth-order valence-corrected chi connectivity index (χ4v) is 2.48. The number of rotatable bonds is 3. The van der Waals surface area contributed by atoms with Gasteiger partial charge >= 0.3 is 13.1 Å². The molecule has 0 saturated carbocycles. The highest BCUT2D eigenvalue weighted by atomic mass is 16.7. The highest BCUT2D eigenvalue weighted by Gasteiger charge is 2.52. The van der Waals surface area contributed by atoms with Crippen LogP contribution in [-0.2, 0) is 14.1 Å². The van der Waals surface area contributed by atoms with E-state index < -0.39 is 35.7 Å². The first-order valence-electron chi connectivity index (χ1n) is 7.48. The Morgan fingerprint density at radius 1 is 1.27 bits per heavy atom. The number of carboxylic acid groups (broad SMARTS) is 1. The average molecular weight is 308 g/mol. The number of hydrogen-bond acceptors (Lipinski definition) is 4. The smallest absolute Gasteiger partial charge is 0.480 e. The third kappa shape index (κ3) is 2.92. The normalized spacial score (nSPS) is 21.9. The molecule has 0 aliphatic carbocycles. The van der Waals surface area contributed by atoms with Crippen molar-refractivity contribution < 1.29 is 19.2 Å². The molecule has 7 heteroatoms. The van der Waals surface area contributed by atoms with Gasteiger partial charge in [-0.25, -0.2) is 4.79 Å². The molecule has 1 atom stereocenters. The topological polar surface area (TPSA) is 73.6 Å². The van der Waals surface area contributed by atoms with Gasteiger partial charge in [0.15, 0.2) is 6.04 Å². The second kappa shape index (κ2) is 5.10. The van der Waals surface area contributed by atoms with Gasteiger partial charge in [0, 0.05) is 17.9 Å². The Balaban J connectivity index is 2.28. The van der Waals surface area contributed by atoms with Crippen LogP contribution < -0.4 is 5.46 Å². The largest absolute Gasteiger partial charge is 0.498 e. The molecular formula is C15H25BN2O4. The van der Waals surface area contributed by atoms with Gasteiger partial charge in [-0.2, -0.15) is 5.10 Å². The van der Waals surface area contributed by atoms with E-state index in [0.717, 1.165) is 5.46 Å². The number of aromatic nitrogens is 2. The zero-order valence-electron chi connectivity index (χ0n) is 14.4. The molecule has 2 heterocycles. The van der Waals surface area contributed by atoms with Crippen molar-refractivity contribution >= 4 is 18.6 Å². The summed E-state index contributed by atoms with van der Waals surface area (Å²) in [4.78, 5) is 11.6. The maximum Gasteiger partial charge on any atom is 0.498 e. The van der Waals surface area contributed by atoms with Crippen molar-refractivity contribution in [3.8, 4) is 0 Å². The molecule has 0 amide bonds. The lowest BCUT2D eigenvalue weighted by Crippen LogP contribution is -2.41. The van der Waals surface area contributed by atoms with Crippen LogP contribution in [0.2, 0.25) is 0 Å². The van der Waals surface area contributed by atoms with Crippen molar-refractivity contribution in [3.63, 3.8) is 0 Å². The quantitative estimate of drug-likeness (QED) is 0.863. The Kier molecular flexibility index (Phi) is 3.94. The Morgan fingerprint density at radius 3 is 2.18 bits per heavy atom. The zero-order chi connectivity index (χ0) is 16.9. The van der Waals surface area contributed by atoms with E-state index in [4.69, 9.17) is 9.31 Å². The fraction of sp³-hybridized carbons (Fsp3) is 0.733. The zero-order valence-corrected chi connectivity index (χ0v) is 14.4. The van der Waals surface area contributed by atoms with E-state index in [2.05, 4.69) is 5.10 Å². The summed E-state index contributed by atoms with van der Waals surface area (Å²) in [7, 11) is -0.534. The van der Waals surface area contributed by atoms with Crippen molar-refractivity contribution in [2.24, 2.45) is 5.41 Å². The molecule has 1 unspecified atom stereocenters. The Morgan fingerprint density at radius 2 is 1.77 bits per heavy atom. The third-order valence-electron chi connectivity index (χ3n) is 4.47. The minimum atomic E-state index is -0.906. The molecule has 1 aromatic rings.